The van der Waals surface area contributed by atoms with Gasteiger partial charge in [-0.25, -0.2) is 4.79 Å². The maximum Gasteiger partial charge on any atom is 0.321 e. The summed E-state index contributed by atoms with van der Waals surface area (Å²) in [7, 11) is 1.60. The van der Waals surface area contributed by atoms with E-state index < -0.39 is 0 Å². The first-order valence-electron chi connectivity index (χ1n) is 9.17. The molecule has 0 aliphatic carbocycles. The fraction of sp³-hybridized carbons (Fsp3) is 0.400. The summed E-state index contributed by atoms with van der Waals surface area (Å²) in [5.74, 6) is 1.28. The zero-order valence-electron chi connectivity index (χ0n) is 15.9. The van der Waals surface area contributed by atoms with Crippen LogP contribution in [0.15, 0.2) is 42.7 Å². The molecule has 1 aliphatic heterocycles. The highest BCUT2D eigenvalue weighted by atomic mass is 16.5. The van der Waals surface area contributed by atoms with E-state index in [0.717, 1.165) is 19.6 Å². The number of ether oxygens (including phenoxy) is 2. The number of amides is 2. The van der Waals surface area contributed by atoms with Crippen LogP contribution in [0.25, 0.3) is 0 Å². The average Bonchev–Trinajstić information content (AvgIpc) is 2.70. The van der Waals surface area contributed by atoms with Gasteiger partial charge in [0.05, 0.1) is 13.7 Å². The van der Waals surface area contributed by atoms with Gasteiger partial charge in [-0.1, -0.05) is 0 Å². The van der Waals surface area contributed by atoms with Crippen molar-refractivity contribution in [2.24, 2.45) is 0 Å². The monoisotopic (exact) mass is 370 g/mol. The second-order valence-corrected chi connectivity index (χ2v) is 6.35. The zero-order valence-corrected chi connectivity index (χ0v) is 15.9. The molecule has 1 aromatic carbocycles. The summed E-state index contributed by atoms with van der Waals surface area (Å²) < 4.78 is 10.8. The molecular formula is C20H26N4O3. The molecule has 1 fully saturated rings. The lowest BCUT2D eigenvalue weighted by Crippen LogP contribution is -2.49. The van der Waals surface area contributed by atoms with Crippen molar-refractivity contribution in [3.63, 3.8) is 0 Å². The van der Waals surface area contributed by atoms with Crippen LogP contribution in [0.4, 0.5) is 10.5 Å². The van der Waals surface area contributed by atoms with Gasteiger partial charge in [-0.3, -0.25) is 9.88 Å². The molecule has 2 heterocycles. The number of hydrogen-bond donors (Lipinski definition) is 1. The third-order valence-corrected chi connectivity index (χ3v) is 4.53. The highest BCUT2D eigenvalue weighted by Crippen LogP contribution is 2.30. The van der Waals surface area contributed by atoms with Crippen LogP contribution >= 0.6 is 0 Å². The first-order chi connectivity index (χ1) is 13.2. The number of rotatable bonds is 6. The number of urea groups is 1. The first kappa shape index (κ1) is 19.0. The number of benzene rings is 1. The van der Waals surface area contributed by atoms with Crippen molar-refractivity contribution in [1.29, 1.82) is 0 Å². The number of anilines is 1. The quantitative estimate of drug-likeness (QED) is 0.847. The van der Waals surface area contributed by atoms with Crippen molar-refractivity contribution >= 4 is 11.7 Å². The summed E-state index contributed by atoms with van der Waals surface area (Å²) in [6.07, 6.45) is 3.62. The van der Waals surface area contributed by atoms with Gasteiger partial charge in [0.25, 0.3) is 0 Å². The van der Waals surface area contributed by atoms with Crippen LogP contribution in [0, 0.1) is 0 Å². The Labute approximate surface area is 159 Å². The van der Waals surface area contributed by atoms with Crippen molar-refractivity contribution in [3.8, 4) is 11.5 Å². The molecule has 0 spiro atoms. The topological polar surface area (TPSA) is 66.9 Å². The van der Waals surface area contributed by atoms with Crippen molar-refractivity contribution in [1.82, 2.24) is 14.8 Å². The third-order valence-electron chi connectivity index (χ3n) is 4.53. The molecule has 0 saturated carbocycles. The lowest BCUT2D eigenvalue weighted by atomic mass is 10.2. The highest BCUT2D eigenvalue weighted by molar-refractivity contribution is 5.89. The zero-order chi connectivity index (χ0) is 19.1. The fourth-order valence-corrected chi connectivity index (χ4v) is 3.08. The van der Waals surface area contributed by atoms with Crippen LogP contribution in [0.1, 0.15) is 12.5 Å². The van der Waals surface area contributed by atoms with Crippen LogP contribution in [-0.2, 0) is 6.54 Å². The summed E-state index contributed by atoms with van der Waals surface area (Å²) >= 11 is 0. The number of aromatic nitrogens is 1. The van der Waals surface area contributed by atoms with Crippen LogP contribution in [0.2, 0.25) is 0 Å². The molecule has 7 nitrogen and oxygen atoms in total. The van der Waals surface area contributed by atoms with Gasteiger partial charge in [0.2, 0.25) is 0 Å². The minimum Gasteiger partial charge on any atom is -0.493 e. The Morgan fingerprint density at radius 2 is 1.85 bits per heavy atom. The lowest BCUT2D eigenvalue weighted by Gasteiger charge is -2.34. The highest BCUT2D eigenvalue weighted by Gasteiger charge is 2.21. The number of piperazine rings is 1. The van der Waals surface area contributed by atoms with E-state index >= 15 is 0 Å². The van der Waals surface area contributed by atoms with Gasteiger partial charge in [0.15, 0.2) is 11.5 Å². The Morgan fingerprint density at radius 3 is 2.52 bits per heavy atom. The fourth-order valence-electron chi connectivity index (χ4n) is 3.08. The number of carbonyl (C=O) groups is 1. The van der Waals surface area contributed by atoms with Gasteiger partial charge >= 0.3 is 6.03 Å². The van der Waals surface area contributed by atoms with Crippen molar-refractivity contribution in [3.05, 3.63) is 48.3 Å². The number of nitrogens with one attached hydrogen (secondary N) is 1. The minimum absolute atomic E-state index is 0.0915. The summed E-state index contributed by atoms with van der Waals surface area (Å²) in [5.41, 5.74) is 1.94. The largest absolute Gasteiger partial charge is 0.493 e. The standard InChI is InChI=1S/C20H26N4O3/c1-3-27-19-14-17(4-5-18(19)26-2)22-20(25)24-12-10-23(11-13-24)15-16-6-8-21-9-7-16/h4-9,14H,3,10-13,15H2,1-2H3,(H,22,25). The third kappa shape index (κ3) is 5.10. The number of carbonyl (C=O) groups excluding carboxylic acids is 1. The van der Waals surface area contributed by atoms with Crippen LogP contribution in [-0.4, -0.2) is 60.7 Å². The SMILES string of the molecule is CCOc1cc(NC(=O)N2CCN(Cc3ccncc3)CC2)ccc1OC. The Hall–Kier alpha value is -2.80. The molecule has 1 aromatic heterocycles. The van der Waals surface area contributed by atoms with Gasteiger partial charge in [-0.15, -0.1) is 0 Å². The van der Waals surface area contributed by atoms with E-state index in [9.17, 15) is 4.79 Å². The summed E-state index contributed by atoms with van der Waals surface area (Å²) in [6.45, 7) is 6.43. The van der Waals surface area contributed by atoms with E-state index in [0.29, 0.717) is 36.9 Å². The summed E-state index contributed by atoms with van der Waals surface area (Å²) in [5, 5.41) is 2.95. The molecule has 1 aliphatic rings. The Kier molecular flexibility index (Phi) is 6.49. The molecule has 144 valence electrons. The molecule has 2 amide bonds. The predicted molar refractivity (Wildman–Crippen MR) is 104 cm³/mol. The van der Waals surface area contributed by atoms with E-state index in [-0.39, 0.29) is 6.03 Å². The second kappa shape index (κ2) is 9.23. The maximum absolute atomic E-state index is 12.6. The number of hydrogen-bond acceptors (Lipinski definition) is 5. The Balaban J connectivity index is 1.53. The van der Waals surface area contributed by atoms with Gasteiger partial charge in [-0.05, 0) is 36.8 Å². The van der Waals surface area contributed by atoms with Crippen LogP contribution in [0.3, 0.4) is 0 Å². The molecule has 2 aromatic rings. The molecule has 3 rings (SSSR count). The molecule has 0 radical (unpaired) electrons. The Morgan fingerprint density at radius 1 is 1.11 bits per heavy atom. The van der Waals surface area contributed by atoms with E-state index in [4.69, 9.17) is 9.47 Å². The van der Waals surface area contributed by atoms with E-state index in [1.807, 2.05) is 42.4 Å². The van der Waals surface area contributed by atoms with Gasteiger partial charge in [-0.2, -0.15) is 0 Å². The van der Waals surface area contributed by atoms with Gasteiger partial charge in [0, 0.05) is 56.9 Å². The van der Waals surface area contributed by atoms with Gasteiger partial charge < -0.3 is 19.7 Å². The minimum atomic E-state index is -0.0915. The molecule has 1 N–H and O–H groups in total. The van der Waals surface area contributed by atoms with E-state index in [2.05, 4.69) is 15.2 Å². The molecular weight excluding hydrogens is 344 g/mol. The smallest absolute Gasteiger partial charge is 0.321 e. The number of methoxy groups -OCH3 is 1. The average molecular weight is 370 g/mol. The van der Waals surface area contributed by atoms with Crippen molar-refractivity contribution in [2.45, 2.75) is 13.5 Å². The van der Waals surface area contributed by atoms with E-state index in [1.165, 1.54) is 5.56 Å². The second-order valence-electron chi connectivity index (χ2n) is 6.35. The Bertz CT molecular complexity index is 746. The van der Waals surface area contributed by atoms with Crippen molar-refractivity contribution < 1.29 is 14.3 Å². The summed E-state index contributed by atoms with van der Waals surface area (Å²) in [4.78, 5) is 20.8. The number of pyridine rings is 1. The first-order valence-corrected chi connectivity index (χ1v) is 9.17. The summed E-state index contributed by atoms with van der Waals surface area (Å²) in [6, 6.07) is 9.37. The predicted octanol–water partition coefficient (Wildman–Crippen LogP) is 2.84. The number of nitrogens with zero attached hydrogens (tertiary/aromatic N) is 3. The van der Waals surface area contributed by atoms with Crippen molar-refractivity contribution in [2.75, 3.05) is 45.2 Å². The molecule has 27 heavy (non-hydrogen) atoms. The normalized spacial score (nSPS) is 14.7. The molecule has 7 heteroatoms. The molecule has 1 saturated heterocycles. The van der Waals surface area contributed by atoms with Gasteiger partial charge in [0.1, 0.15) is 0 Å². The molecule has 0 bridgehead atoms. The molecule has 0 atom stereocenters. The van der Waals surface area contributed by atoms with Crippen LogP contribution in [0.5, 0.6) is 11.5 Å². The van der Waals surface area contributed by atoms with E-state index in [1.54, 1.807) is 19.2 Å². The lowest BCUT2D eigenvalue weighted by molar-refractivity contribution is 0.143. The van der Waals surface area contributed by atoms with Crippen LogP contribution < -0.4 is 14.8 Å². The maximum atomic E-state index is 12.6. The molecule has 0 unspecified atom stereocenters.